The van der Waals surface area contributed by atoms with Crippen molar-refractivity contribution in [3.63, 3.8) is 0 Å². The van der Waals surface area contributed by atoms with E-state index in [-0.39, 0.29) is 18.1 Å². The predicted octanol–water partition coefficient (Wildman–Crippen LogP) is 3.10. The van der Waals surface area contributed by atoms with Gasteiger partial charge < -0.3 is 24.4 Å². The fraction of sp³-hybridized carbons (Fsp3) is 0.333. The number of hydrogen-bond acceptors (Lipinski definition) is 6. The van der Waals surface area contributed by atoms with Crippen LogP contribution in [0.15, 0.2) is 48.0 Å². The third kappa shape index (κ3) is 4.01. The third-order valence-electron chi connectivity index (χ3n) is 5.58. The molecule has 0 radical (unpaired) electrons. The lowest BCUT2D eigenvalue weighted by molar-refractivity contribution is -0.139. The molecule has 1 fully saturated rings. The standard InChI is InChI=1S/C24H26N2O5/c1-15-5-7-16(8-6-15)21-20(23(28)24(29)26(21)12-4-11-25(2)3)22(27)17-9-10-18-19(13-17)31-14-30-18/h5-10,13,21,27H,4,11-12,14H2,1-3H3/b22-20+. The Hall–Kier alpha value is -3.32. The minimum Gasteiger partial charge on any atom is -0.507 e. The molecule has 4 rings (SSSR count). The van der Waals surface area contributed by atoms with E-state index in [0.29, 0.717) is 30.0 Å². The molecule has 0 spiro atoms. The zero-order valence-corrected chi connectivity index (χ0v) is 17.9. The summed E-state index contributed by atoms with van der Waals surface area (Å²) in [6.07, 6.45) is 0.715. The highest BCUT2D eigenvalue weighted by Crippen LogP contribution is 2.41. The van der Waals surface area contributed by atoms with Crippen LogP contribution in [0.3, 0.4) is 0 Å². The van der Waals surface area contributed by atoms with Crippen LogP contribution in [0.4, 0.5) is 0 Å². The number of Topliss-reactive ketones (excluding diaryl/α,β-unsaturated/α-hetero) is 1. The number of rotatable bonds is 6. The van der Waals surface area contributed by atoms with E-state index in [1.54, 1.807) is 23.1 Å². The molecule has 2 aliphatic rings. The molecule has 31 heavy (non-hydrogen) atoms. The maximum Gasteiger partial charge on any atom is 0.295 e. The van der Waals surface area contributed by atoms with Gasteiger partial charge in [0.15, 0.2) is 11.5 Å². The first-order chi connectivity index (χ1) is 14.9. The van der Waals surface area contributed by atoms with Gasteiger partial charge in [0.05, 0.1) is 11.6 Å². The Morgan fingerprint density at radius 3 is 2.52 bits per heavy atom. The SMILES string of the molecule is Cc1ccc(C2/C(=C(\O)c3ccc4c(c3)OCO4)C(=O)C(=O)N2CCCN(C)C)cc1. The van der Waals surface area contributed by atoms with E-state index in [1.807, 2.05) is 50.2 Å². The number of ketones is 1. The summed E-state index contributed by atoms with van der Waals surface area (Å²) in [5.41, 5.74) is 2.37. The summed E-state index contributed by atoms with van der Waals surface area (Å²) in [6, 6.07) is 12.0. The van der Waals surface area contributed by atoms with E-state index in [2.05, 4.69) is 0 Å². The number of amides is 1. The van der Waals surface area contributed by atoms with Crippen molar-refractivity contribution in [2.75, 3.05) is 34.0 Å². The van der Waals surface area contributed by atoms with Gasteiger partial charge in [0.2, 0.25) is 6.79 Å². The Morgan fingerprint density at radius 1 is 1.10 bits per heavy atom. The number of carbonyl (C=O) groups excluding carboxylic acids is 2. The summed E-state index contributed by atoms with van der Waals surface area (Å²) in [4.78, 5) is 29.6. The van der Waals surface area contributed by atoms with Gasteiger partial charge in [-0.2, -0.15) is 0 Å². The van der Waals surface area contributed by atoms with E-state index < -0.39 is 17.7 Å². The zero-order chi connectivity index (χ0) is 22.1. The van der Waals surface area contributed by atoms with Crippen molar-refractivity contribution in [2.45, 2.75) is 19.4 Å². The first-order valence-corrected chi connectivity index (χ1v) is 10.3. The zero-order valence-electron chi connectivity index (χ0n) is 17.9. The van der Waals surface area contributed by atoms with Crippen LogP contribution < -0.4 is 9.47 Å². The van der Waals surface area contributed by atoms with Gasteiger partial charge >= 0.3 is 0 Å². The molecule has 0 aliphatic carbocycles. The molecule has 1 N–H and O–H groups in total. The number of fused-ring (bicyclic) bond motifs is 1. The van der Waals surface area contributed by atoms with Crippen molar-refractivity contribution < 1.29 is 24.2 Å². The van der Waals surface area contributed by atoms with Crippen LogP contribution >= 0.6 is 0 Å². The van der Waals surface area contributed by atoms with Crippen molar-refractivity contribution in [2.24, 2.45) is 0 Å². The van der Waals surface area contributed by atoms with Crippen molar-refractivity contribution in [3.05, 3.63) is 64.7 Å². The molecule has 2 aromatic carbocycles. The predicted molar refractivity (Wildman–Crippen MR) is 116 cm³/mol. The lowest BCUT2D eigenvalue weighted by Gasteiger charge is -2.26. The van der Waals surface area contributed by atoms with Gasteiger partial charge in [-0.25, -0.2) is 0 Å². The second kappa shape index (κ2) is 8.43. The summed E-state index contributed by atoms with van der Waals surface area (Å²) in [7, 11) is 3.93. The van der Waals surface area contributed by atoms with E-state index in [1.165, 1.54) is 0 Å². The monoisotopic (exact) mass is 422 g/mol. The van der Waals surface area contributed by atoms with Gasteiger partial charge in [-0.3, -0.25) is 9.59 Å². The molecule has 0 saturated carbocycles. The number of ether oxygens (including phenoxy) is 2. The average Bonchev–Trinajstić information content (AvgIpc) is 3.31. The number of aliphatic hydroxyl groups is 1. The molecule has 0 aromatic heterocycles. The van der Waals surface area contributed by atoms with Gasteiger partial charge in [-0.15, -0.1) is 0 Å². The minimum atomic E-state index is -0.675. The lowest BCUT2D eigenvalue weighted by atomic mass is 9.94. The molecule has 1 atom stereocenters. The molecule has 1 saturated heterocycles. The van der Waals surface area contributed by atoms with Crippen molar-refractivity contribution in [3.8, 4) is 11.5 Å². The summed E-state index contributed by atoms with van der Waals surface area (Å²) < 4.78 is 10.7. The van der Waals surface area contributed by atoms with E-state index in [0.717, 1.165) is 17.7 Å². The number of aliphatic hydroxyl groups excluding tert-OH is 1. The van der Waals surface area contributed by atoms with Crippen LogP contribution in [0.2, 0.25) is 0 Å². The number of aryl methyl sites for hydroxylation is 1. The lowest BCUT2D eigenvalue weighted by Crippen LogP contribution is -2.32. The van der Waals surface area contributed by atoms with Crippen LogP contribution in [-0.4, -0.2) is 60.6 Å². The average molecular weight is 422 g/mol. The molecule has 7 heteroatoms. The quantitative estimate of drug-likeness (QED) is 0.438. The van der Waals surface area contributed by atoms with Gasteiger partial charge in [0.1, 0.15) is 5.76 Å². The van der Waals surface area contributed by atoms with Gasteiger partial charge in [-0.05, 0) is 57.7 Å². The summed E-state index contributed by atoms with van der Waals surface area (Å²) in [5, 5.41) is 11.1. The normalized spacial score (nSPS) is 19.5. The molecule has 2 aliphatic heterocycles. The van der Waals surface area contributed by atoms with Crippen molar-refractivity contribution >= 4 is 17.4 Å². The van der Waals surface area contributed by atoms with E-state index in [9.17, 15) is 14.7 Å². The molecular formula is C24H26N2O5. The summed E-state index contributed by atoms with van der Waals surface area (Å²) >= 11 is 0. The van der Waals surface area contributed by atoms with Gasteiger partial charge in [-0.1, -0.05) is 29.8 Å². The highest BCUT2D eigenvalue weighted by molar-refractivity contribution is 6.46. The second-order valence-electron chi connectivity index (χ2n) is 8.13. The van der Waals surface area contributed by atoms with Crippen LogP contribution in [0.25, 0.3) is 5.76 Å². The summed E-state index contributed by atoms with van der Waals surface area (Å²) in [6.45, 7) is 3.29. The third-order valence-corrected chi connectivity index (χ3v) is 5.58. The number of benzene rings is 2. The van der Waals surface area contributed by atoms with Crippen molar-refractivity contribution in [1.82, 2.24) is 9.80 Å². The Labute approximate surface area is 181 Å². The molecule has 1 unspecified atom stereocenters. The number of nitrogens with zero attached hydrogens (tertiary/aromatic N) is 2. The fourth-order valence-electron chi connectivity index (χ4n) is 3.96. The van der Waals surface area contributed by atoms with E-state index >= 15 is 0 Å². The Balaban J connectivity index is 1.78. The number of carbonyl (C=O) groups is 2. The molecule has 2 heterocycles. The smallest absolute Gasteiger partial charge is 0.295 e. The van der Waals surface area contributed by atoms with Gasteiger partial charge in [0.25, 0.3) is 11.7 Å². The van der Waals surface area contributed by atoms with Crippen LogP contribution in [-0.2, 0) is 9.59 Å². The first kappa shape index (κ1) is 20.9. The summed E-state index contributed by atoms with van der Waals surface area (Å²) in [5.74, 6) is -0.401. The molecule has 162 valence electrons. The second-order valence-corrected chi connectivity index (χ2v) is 8.13. The highest BCUT2D eigenvalue weighted by atomic mass is 16.7. The first-order valence-electron chi connectivity index (χ1n) is 10.3. The van der Waals surface area contributed by atoms with Gasteiger partial charge in [0, 0.05) is 12.1 Å². The number of likely N-dealkylation sites (tertiary alicyclic amines) is 1. The largest absolute Gasteiger partial charge is 0.507 e. The van der Waals surface area contributed by atoms with Crippen LogP contribution in [0.1, 0.15) is 29.2 Å². The molecule has 1 amide bonds. The Kier molecular flexibility index (Phi) is 5.69. The molecule has 7 nitrogen and oxygen atoms in total. The molecular weight excluding hydrogens is 396 g/mol. The molecule has 2 aromatic rings. The Bertz CT molecular complexity index is 1040. The Morgan fingerprint density at radius 2 is 1.81 bits per heavy atom. The minimum absolute atomic E-state index is 0.0950. The van der Waals surface area contributed by atoms with Crippen LogP contribution in [0, 0.1) is 6.92 Å². The molecule has 0 bridgehead atoms. The topological polar surface area (TPSA) is 79.3 Å². The maximum atomic E-state index is 13.0. The highest BCUT2D eigenvalue weighted by Gasteiger charge is 2.45. The van der Waals surface area contributed by atoms with Crippen LogP contribution in [0.5, 0.6) is 11.5 Å². The van der Waals surface area contributed by atoms with E-state index in [4.69, 9.17) is 9.47 Å². The van der Waals surface area contributed by atoms with Crippen molar-refractivity contribution in [1.29, 1.82) is 0 Å². The fourth-order valence-corrected chi connectivity index (χ4v) is 3.96. The maximum absolute atomic E-state index is 13.0. The number of hydrogen-bond donors (Lipinski definition) is 1.